The number of pyridine rings is 1. The van der Waals surface area contributed by atoms with Gasteiger partial charge in [-0.3, -0.25) is 14.5 Å². The summed E-state index contributed by atoms with van der Waals surface area (Å²) in [6.07, 6.45) is 5.84. The summed E-state index contributed by atoms with van der Waals surface area (Å²) >= 11 is 6.08. The maximum Gasteiger partial charge on any atom is 0.296 e. The van der Waals surface area contributed by atoms with Gasteiger partial charge < -0.3 is 13.9 Å². The molecule has 2 aromatic heterocycles. The number of halogens is 1. The molecule has 0 aliphatic carbocycles. The molecular weight excluding hydrogens is 516 g/mol. The van der Waals surface area contributed by atoms with Gasteiger partial charge in [0.25, 0.3) is 5.91 Å². The normalized spacial score (nSPS) is 14.6. The molecule has 1 atom stereocenters. The third kappa shape index (κ3) is 4.99. The summed E-state index contributed by atoms with van der Waals surface area (Å²) in [7, 11) is 1.57. The van der Waals surface area contributed by atoms with Crippen LogP contribution in [0.25, 0.3) is 11.0 Å². The van der Waals surface area contributed by atoms with Gasteiger partial charge in [-0.05, 0) is 73.4 Å². The molecule has 4 aromatic rings. The van der Waals surface area contributed by atoms with Gasteiger partial charge in [-0.1, -0.05) is 43.9 Å². The molecule has 0 saturated heterocycles. The molecule has 1 aliphatic heterocycles. The highest BCUT2D eigenvalue weighted by molar-refractivity contribution is 6.30. The molecule has 1 unspecified atom stereocenters. The van der Waals surface area contributed by atoms with Crippen LogP contribution < -0.4 is 19.8 Å². The van der Waals surface area contributed by atoms with Crippen molar-refractivity contribution >= 4 is 34.3 Å². The fourth-order valence-corrected chi connectivity index (χ4v) is 5.09. The number of amides is 1. The van der Waals surface area contributed by atoms with E-state index in [1.807, 2.05) is 32.0 Å². The lowest BCUT2D eigenvalue weighted by Crippen LogP contribution is -2.30. The summed E-state index contributed by atoms with van der Waals surface area (Å²) in [5, 5.41) is 0.868. The van der Waals surface area contributed by atoms with Crippen LogP contribution in [0.4, 0.5) is 5.82 Å². The molecule has 39 heavy (non-hydrogen) atoms. The highest BCUT2D eigenvalue weighted by Gasteiger charge is 2.44. The summed E-state index contributed by atoms with van der Waals surface area (Å²) in [6, 6.07) is 11.6. The summed E-state index contributed by atoms with van der Waals surface area (Å²) in [5.41, 5.74) is 3.00. The molecule has 0 saturated carbocycles. The van der Waals surface area contributed by atoms with Crippen LogP contribution in [0.1, 0.15) is 71.5 Å². The van der Waals surface area contributed by atoms with Crippen molar-refractivity contribution in [1.29, 1.82) is 0 Å². The molecule has 2 aromatic carbocycles. The van der Waals surface area contributed by atoms with Gasteiger partial charge in [0.05, 0.1) is 35.7 Å². The number of nitrogens with zero attached hydrogens (tertiary/aromatic N) is 2. The zero-order valence-electron chi connectivity index (χ0n) is 22.5. The highest BCUT2D eigenvalue weighted by Crippen LogP contribution is 2.43. The van der Waals surface area contributed by atoms with Gasteiger partial charge in [0.1, 0.15) is 11.4 Å². The van der Waals surface area contributed by atoms with Gasteiger partial charge in [-0.15, -0.1) is 0 Å². The predicted octanol–water partition coefficient (Wildman–Crippen LogP) is 7.18. The van der Waals surface area contributed by atoms with Crippen molar-refractivity contribution in [2.75, 3.05) is 18.6 Å². The first kappa shape index (κ1) is 26.8. The number of ether oxygens (including phenoxy) is 2. The Balaban J connectivity index is 1.64. The van der Waals surface area contributed by atoms with Crippen molar-refractivity contribution < 1.29 is 18.7 Å². The molecule has 202 valence electrons. The first-order valence-corrected chi connectivity index (χ1v) is 13.6. The quantitative estimate of drug-likeness (QED) is 0.207. The van der Waals surface area contributed by atoms with E-state index in [2.05, 4.69) is 11.9 Å². The van der Waals surface area contributed by atoms with Crippen molar-refractivity contribution in [3.8, 4) is 11.5 Å². The van der Waals surface area contributed by atoms with E-state index in [0.717, 1.165) is 30.4 Å². The number of carbonyl (C=O) groups excluding carboxylic acids is 1. The third-order valence-corrected chi connectivity index (χ3v) is 7.43. The summed E-state index contributed by atoms with van der Waals surface area (Å²) in [6.45, 7) is 6.63. The van der Waals surface area contributed by atoms with E-state index in [1.54, 1.807) is 31.4 Å². The second-order valence-electron chi connectivity index (χ2n) is 9.84. The standard InChI is InChI=1S/C31H31ClN2O5/c1-5-6-7-8-13-38-23-11-9-20(16-25(23)37-4)28-27-29(35)22-14-18(2)19(3)15-24(22)39-30(27)31(36)34(28)26-12-10-21(32)17-33-26/h9-12,14-17,28H,5-8,13H2,1-4H3. The zero-order valence-corrected chi connectivity index (χ0v) is 23.3. The Morgan fingerprint density at radius 2 is 1.79 bits per heavy atom. The highest BCUT2D eigenvalue weighted by atomic mass is 35.5. The van der Waals surface area contributed by atoms with E-state index in [0.29, 0.717) is 45.5 Å². The second-order valence-corrected chi connectivity index (χ2v) is 10.3. The van der Waals surface area contributed by atoms with Crippen LogP contribution in [0.5, 0.6) is 11.5 Å². The van der Waals surface area contributed by atoms with Crippen molar-refractivity contribution in [3.05, 3.63) is 91.9 Å². The maximum absolute atomic E-state index is 14.0. The fraction of sp³-hybridized carbons (Fsp3) is 0.323. The Kier molecular flexibility index (Phi) is 7.62. The van der Waals surface area contributed by atoms with Crippen LogP contribution in [0.2, 0.25) is 5.02 Å². The molecule has 1 amide bonds. The average Bonchev–Trinajstić information content (AvgIpc) is 3.22. The first-order valence-electron chi connectivity index (χ1n) is 13.2. The smallest absolute Gasteiger partial charge is 0.296 e. The fourth-order valence-electron chi connectivity index (χ4n) is 4.97. The van der Waals surface area contributed by atoms with Gasteiger partial charge in [0.15, 0.2) is 16.9 Å². The second kappa shape index (κ2) is 11.1. The zero-order chi connectivity index (χ0) is 27.7. The van der Waals surface area contributed by atoms with Gasteiger partial charge in [-0.25, -0.2) is 4.98 Å². The lowest BCUT2D eigenvalue weighted by molar-refractivity contribution is 0.0970. The SMILES string of the molecule is CCCCCCOc1ccc(C2c3c(oc4cc(C)c(C)cc4c3=O)C(=O)N2c2ccc(Cl)cn2)cc1OC. The van der Waals surface area contributed by atoms with Crippen LogP contribution in [0.15, 0.2) is 57.9 Å². The molecule has 5 rings (SSSR count). The molecule has 3 heterocycles. The number of hydrogen-bond acceptors (Lipinski definition) is 6. The minimum absolute atomic E-state index is 0.00715. The van der Waals surface area contributed by atoms with Gasteiger partial charge in [0.2, 0.25) is 5.76 Å². The Labute approximate surface area is 232 Å². The summed E-state index contributed by atoms with van der Waals surface area (Å²) in [4.78, 5) is 33.7. The Morgan fingerprint density at radius 1 is 1.00 bits per heavy atom. The number of anilines is 1. The molecule has 0 bridgehead atoms. The Bertz CT molecular complexity index is 1600. The van der Waals surface area contributed by atoms with E-state index in [-0.39, 0.29) is 16.8 Å². The van der Waals surface area contributed by atoms with Gasteiger partial charge in [-0.2, -0.15) is 0 Å². The maximum atomic E-state index is 14.0. The number of fused-ring (bicyclic) bond motifs is 2. The number of unbranched alkanes of at least 4 members (excludes halogenated alkanes) is 3. The molecule has 7 nitrogen and oxygen atoms in total. The van der Waals surface area contributed by atoms with Crippen LogP contribution in [0, 0.1) is 13.8 Å². The summed E-state index contributed by atoms with van der Waals surface area (Å²) in [5.74, 6) is 1.04. The third-order valence-electron chi connectivity index (χ3n) is 7.20. The lowest BCUT2D eigenvalue weighted by Gasteiger charge is -2.25. The molecule has 8 heteroatoms. The van der Waals surface area contributed by atoms with E-state index in [9.17, 15) is 9.59 Å². The number of benzene rings is 2. The number of rotatable bonds is 9. The minimum Gasteiger partial charge on any atom is -0.493 e. The molecule has 1 aliphatic rings. The number of aryl methyl sites for hydroxylation is 2. The van der Waals surface area contributed by atoms with Crippen LogP contribution in [-0.2, 0) is 0 Å². The van der Waals surface area contributed by atoms with E-state index in [4.69, 9.17) is 25.5 Å². The predicted molar refractivity (Wildman–Crippen MR) is 152 cm³/mol. The Hall–Kier alpha value is -3.84. The number of hydrogen-bond donors (Lipinski definition) is 0. The average molecular weight is 547 g/mol. The van der Waals surface area contributed by atoms with E-state index < -0.39 is 11.9 Å². The van der Waals surface area contributed by atoms with Crippen LogP contribution in [0.3, 0.4) is 0 Å². The van der Waals surface area contributed by atoms with Crippen LogP contribution in [-0.4, -0.2) is 24.6 Å². The number of methoxy groups -OCH3 is 1. The van der Waals surface area contributed by atoms with Crippen molar-refractivity contribution in [2.45, 2.75) is 52.5 Å². The van der Waals surface area contributed by atoms with Gasteiger partial charge in [0, 0.05) is 6.20 Å². The topological polar surface area (TPSA) is 81.9 Å². The van der Waals surface area contributed by atoms with Gasteiger partial charge >= 0.3 is 0 Å². The summed E-state index contributed by atoms with van der Waals surface area (Å²) < 4.78 is 17.8. The monoisotopic (exact) mass is 546 g/mol. The minimum atomic E-state index is -0.782. The van der Waals surface area contributed by atoms with E-state index >= 15 is 0 Å². The molecule has 0 fully saturated rings. The first-order chi connectivity index (χ1) is 18.8. The molecule has 0 spiro atoms. The van der Waals surface area contributed by atoms with E-state index in [1.165, 1.54) is 17.5 Å². The number of carbonyl (C=O) groups is 1. The Morgan fingerprint density at radius 3 is 2.51 bits per heavy atom. The number of aromatic nitrogens is 1. The van der Waals surface area contributed by atoms with Crippen LogP contribution >= 0.6 is 11.6 Å². The van der Waals surface area contributed by atoms with Crippen molar-refractivity contribution in [1.82, 2.24) is 4.98 Å². The lowest BCUT2D eigenvalue weighted by atomic mass is 9.97. The molecule has 0 N–H and O–H groups in total. The van der Waals surface area contributed by atoms with Crippen molar-refractivity contribution in [3.63, 3.8) is 0 Å². The molecular formula is C31H31ClN2O5. The largest absolute Gasteiger partial charge is 0.493 e. The molecule has 0 radical (unpaired) electrons. The van der Waals surface area contributed by atoms with Crippen molar-refractivity contribution in [2.24, 2.45) is 0 Å².